The Bertz CT molecular complexity index is 718. The van der Waals surface area contributed by atoms with Crippen LogP contribution in [-0.2, 0) is 0 Å². The van der Waals surface area contributed by atoms with Gasteiger partial charge in [0.15, 0.2) is 0 Å². The molecule has 0 saturated carbocycles. The smallest absolute Gasteiger partial charge is 0.277 e. The first-order valence-corrected chi connectivity index (χ1v) is 6.85. The van der Waals surface area contributed by atoms with Crippen LogP contribution in [0.4, 0.5) is 0 Å². The van der Waals surface area contributed by atoms with Gasteiger partial charge in [0, 0.05) is 17.8 Å². The molecule has 20 heavy (non-hydrogen) atoms. The Balaban J connectivity index is 1.91. The third-order valence-corrected chi connectivity index (χ3v) is 3.58. The molecule has 2 N–H and O–H groups in total. The molecule has 3 aromatic heterocycles. The van der Waals surface area contributed by atoms with E-state index in [1.807, 2.05) is 19.2 Å². The highest BCUT2D eigenvalue weighted by Gasteiger charge is 2.16. The highest BCUT2D eigenvalue weighted by atomic mass is 32.1. The van der Waals surface area contributed by atoms with Crippen LogP contribution in [0.2, 0.25) is 0 Å². The van der Waals surface area contributed by atoms with Crippen LogP contribution in [-0.4, -0.2) is 25.1 Å². The van der Waals surface area contributed by atoms with Crippen LogP contribution in [0.1, 0.15) is 23.5 Å². The number of nitrogens with two attached hydrogens (primary N) is 1. The molecule has 0 radical (unpaired) electrons. The minimum Gasteiger partial charge on any atom is -0.332 e. The average Bonchev–Trinajstić information content (AvgIpc) is 3.08. The summed E-state index contributed by atoms with van der Waals surface area (Å²) < 4.78 is 5.19. The number of nitrogens with zero attached hydrogens (tertiary/aromatic N) is 5. The Morgan fingerprint density at radius 2 is 1.95 bits per heavy atom. The molecule has 3 heterocycles. The lowest BCUT2D eigenvalue weighted by Gasteiger charge is -1.95. The molecule has 3 aromatic rings. The number of aromatic nitrogens is 5. The predicted molar refractivity (Wildman–Crippen MR) is 73.8 cm³/mol. The molecule has 0 aliphatic heterocycles. The van der Waals surface area contributed by atoms with E-state index in [0.29, 0.717) is 23.2 Å². The Kier molecular flexibility index (Phi) is 3.25. The molecule has 3 rings (SSSR count). The largest absolute Gasteiger partial charge is 0.332 e. The van der Waals surface area contributed by atoms with Crippen molar-refractivity contribution >= 4 is 11.3 Å². The predicted octanol–water partition coefficient (Wildman–Crippen LogP) is 1.98. The number of rotatable bonds is 3. The summed E-state index contributed by atoms with van der Waals surface area (Å²) in [5.41, 5.74) is 7.37. The van der Waals surface area contributed by atoms with Gasteiger partial charge in [-0.15, -0.1) is 11.3 Å². The third-order valence-electron chi connectivity index (χ3n) is 2.54. The minimum atomic E-state index is -0.114. The van der Waals surface area contributed by atoms with E-state index in [4.69, 9.17) is 10.3 Å². The van der Waals surface area contributed by atoms with Gasteiger partial charge in [-0.25, -0.2) is 15.0 Å². The van der Waals surface area contributed by atoms with E-state index in [0.717, 1.165) is 10.6 Å². The maximum Gasteiger partial charge on any atom is 0.277 e. The van der Waals surface area contributed by atoms with Crippen LogP contribution >= 0.6 is 11.3 Å². The van der Waals surface area contributed by atoms with Crippen LogP contribution in [0.3, 0.4) is 0 Å². The normalized spacial score (nSPS) is 12.6. The van der Waals surface area contributed by atoms with Crippen molar-refractivity contribution in [3.8, 4) is 23.2 Å². The fourth-order valence-corrected chi connectivity index (χ4v) is 2.27. The first kappa shape index (κ1) is 12.8. The second kappa shape index (κ2) is 5.06. The topological polar surface area (TPSA) is 104 Å². The zero-order valence-electron chi connectivity index (χ0n) is 10.9. The van der Waals surface area contributed by atoms with E-state index in [1.54, 1.807) is 12.4 Å². The highest BCUT2D eigenvalue weighted by molar-refractivity contribution is 7.10. The Morgan fingerprint density at radius 1 is 1.20 bits per heavy atom. The van der Waals surface area contributed by atoms with Gasteiger partial charge in [-0.05, 0) is 19.4 Å². The minimum absolute atomic E-state index is 0.114. The van der Waals surface area contributed by atoms with Crippen LogP contribution < -0.4 is 5.73 Å². The summed E-state index contributed by atoms with van der Waals surface area (Å²) >= 11 is 1.46. The fourth-order valence-electron chi connectivity index (χ4n) is 1.52. The van der Waals surface area contributed by atoms with Crippen molar-refractivity contribution in [3.63, 3.8) is 0 Å². The molecule has 102 valence electrons. The maximum absolute atomic E-state index is 5.78. The summed E-state index contributed by atoms with van der Waals surface area (Å²) in [4.78, 5) is 16.9. The molecule has 0 aliphatic rings. The number of hydrogen-bond acceptors (Lipinski definition) is 8. The van der Waals surface area contributed by atoms with E-state index >= 15 is 0 Å². The molecule has 0 spiro atoms. The van der Waals surface area contributed by atoms with Gasteiger partial charge in [0.05, 0.1) is 6.04 Å². The highest BCUT2D eigenvalue weighted by Crippen LogP contribution is 2.24. The lowest BCUT2D eigenvalue weighted by molar-refractivity contribution is 0.430. The molecule has 1 atom stereocenters. The van der Waals surface area contributed by atoms with E-state index in [9.17, 15) is 0 Å². The second-order valence-electron chi connectivity index (χ2n) is 4.37. The SMILES string of the molecule is Cc1cnc(-c2noc(-c3csc(C(C)N)n3)n2)nc1. The van der Waals surface area contributed by atoms with Gasteiger partial charge in [0.2, 0.25) is 11.6 Å². The van der Waals surface area contributed by atoms with Crippen LogP contribution in [0, 0.1) is 6.92 Å². The third kappa shape index (κ3) is 2.43. The number of hydrogen-bond donors (Lipinski definition) is 1. The zero-order valence-corrected chi connectivity index (χ0v) is 11.8. The van der Waals surface area contributed by atoms with Gasteiger partial charge in [0.25, 0.3) is 5.89 Å². The summed E-state index contributed by atoms with van der Waals surface area (Å²) in [5, 5.41) is 6.53. The molecule has 0 fully saturated rings. The molecule has 7 nitrogen and oxygen atoms in total. The van der Waals surface area contributed by atoms with Crippen LogP contribution in [0.5, 0.6) is 0 Å². The molecule has 8 heteroatoms. The zero-order chi connectivity index (χ0) is 14.1. The Morgan fingerprint density at radius 3 is 2.60 bits per heavy atom. The van der Waals surface area contributed by atoms with Crippen molar-refractivity contribution in [2.75, 3.05) is 0 Å². The lowest BCUT2D eigenvalue weighted by Crippen LogP contribution is -2.03. The van der Waals surface area contributed by atoms with Gasteiger partial charge < -0.3 is 10.3 Å². The van der Waals surface area contributed by atoms with Gasteiger partial charge in [-0.1, -0.05) is 5.16 Å². The fraction of sp³-hybridized carbons (Fsp3) is 0.250. The average molecular weight is 288 g/mol. The van der Waals surface area contributed by atoms with Gasteiger partial charge in [-0.3, -0.25) is 0 Å². The first-order chi connectivity index (χ1) is 9.63. The summed E-state index contributed by atoms with van der Waals surface area (Å²) in [7, 11) is 0. The summed E-state index contributed by atoms with van der Waals surface area (Å²) in [5.74, 6) is 1.11. The van der Waals surface area contributed by atoms with E-state index in [-0.39, 0.29) is 6.04 Å². The number of thiazole rings is 1. The molecular formula is C12H12N6OS. The number of aryl methyl sites for hydroxylation is 1. The standard InChI is InChI=1S/C12H12N6OS/c1-6-3-14-9(15-4-6)10-17-11(19-18-10)8-5-20-12(16-8)7(2)13/h3-5,7H,13H2,1-2H3. The maximum atomic E-state index is 5.78. The molecule has 0 bridgehead atoms. The van der Waals surface area contributed by atoms with E-state index < -0.39 is 0 Å². The van der Waals surface area contributed by atoms with Gasteiger partial charge >= 0.3 is 0 Å². The second-order valence-corrected chi connectivity index (χ2v) is 5.26. The summed E-state index contributed by atoms with van der Waals surface area (Å²) in [6.07, 6.45) is 3.41. The summed E-state index contributed by atoms with van der Waals surface area (Å²) in [6, 6.07) is -0.114. The quantitative estimate of drug-likeness (QED) is 0.785. The van der Waals surface area contributed by atoms with Crippen molar-refractivity contribution in [2.45, 2.75) is 19.9 Å². The summed E-state index contributed by atoms with van der Waals surface area (Å²) in [6.45, 7) is 3.79. The molecule has 0 aromatic carbocycles. The van der Waals surface area contributed by atoms with Gasteiger partial charge in [-0.2, -0.15) is 4.98 Å². The van der Waals surface area contributed by atoms with Crippen molar-refractivity contribution in [2.24, 2.45) is 5.73 Å². The van der Waals surface area contributed by atoms with E-state index in [2.05, 4.69) is 25.1 Å². The molecule has 0 amide bonds. The van der Waals surface area contributed by atoms with Crippen molar-refractivity contribution < 1.29 is 4.52 Å². The first-order valence-electron chi connectivity index (χ1n) is 5.97. The van der Waals surface area contributed by atoms with Crippen LogP contribution in [0.15, 0.2) is 22.3 Å². The molecular weight excluding hydrogens is 276 g/mol. The van der Waals surface area contributed by atoms with Crippen molar-refractivity contribution in [3.05, 3.63) is 28.3 Å². The molecule has 1 unspecified atom stereocenters. The molecule has 0 saturated heterocycles. The van der Waals surface area contributed by atoms with Crippen molar-refractivity contribution in [1.29, 1.82) is 0 Å². The molecule has 0 aliphatic carbocycles. The Labute approximate surface area is 118 Å². The lowest BCUT2D eigenvalue weighted by atomic mass is 10.4. The van der Waals surface area contributed by atoms with Crippen LogP contribution in [0.25, 0.3) is 23.2 Å². The van der Waals surface area contributed by atoms with Gasteiger partial charge in [0.1, 0.15) is 10.7 Å². The monoisotopic (exact) mass is 288 g/mol. The Hall–Kier alpha value is -2.19. The van der Waals surface area contributed by atoms with Crippen molar-refractivity contribution in [1.82, 2.24) is 25.1 Å². The van der Waals surface area contributed by atoms with E-state index in [1.165, 1.54) is 11.3 Å².